The molecule has 0 unspecified atom stereocenters. The topological polar surface area (TPSA) is 71.5 Å². The van der Waals surface area contributed by atoms with E-state index in [9.17, 15) is 9.59 Å². The lowest BCUT2D eigenvalue weighted by Crippen LogP contribution is -2.39. The van der Waals surface area contributed by atoms with Crippen molar-refractivity contribution in [1.82, 2.24) is 15.2 Å². The fraction of sp³-hybridized carbons (Fsp3) is 0.435. The quantitative estimate of drug-likeness (QED) is 0.698. The lowest BCUT2D eigenvalue weighted by molar-refractivity contribution is 0.0684. The summed E-state index contributed by atoms with van der Waals surface area (Å²) in [4.78, 5) is 31.2. The number of amides is 2. The second-order valence-corrected chi connectivity index (χ2v) is 7.44. The lowest BCUT2D eigenvalue weighted by Gasteiger charge is -2.32. The Morgan fingerprint density at radius 2 is 1.79 bits per heavy atom. The highest BCUT2D eigenvalue weighted by Crippen LogP contribution is 2.22. The molecule has 0 radical (unpaired) electrons. The Bertz CT molecular complexity index is 802. The summed E-state index contributed by atoms with van der Waals surface area (Å²) in [5.74, 6) is 0.230. The summed E-state index contributed by atoms with van der Waals surface area (Å²) in [6.45, 7) is 2.56. The molecule has 154 valence electrons. The molecule has 0 spiro atoms. The number of hydrogen-bond donors (Lipinski definition) is 1. The number of methoxy groups -OCH3 is 1. The van der Waals surface area contributed by atoms with E-state index in [1.807, 2.05) is 11.0 Å². The minimum absolute atomic E-state index is 0.0998. The lowest BCUT2D eigenvalue weighted by atomic mass is 9.90. The number of piperidine rings is 1. The zero-order chi connectivity index (χ0) is 20.5. The van der Waals surface area contributed by atoms with Crippen LogP contribution in [0.15, 0.2) is 48.5 Å². The van der Waals surface area contributed by atoms with Crippen molar-refractivity contribution in [3.05, 3.63) is 65.5 Å². The van der Waals surface area contributed by atoms with Gasteiger partial charge in [-0.15, -0.1) is 0 Å². The fourth-order valence-electron chi connectivity index (χ4n) is 3.64. The maximum absolute atomic E-state index is 12.9. The van der Waals surface area contributed by atoms with Crippen LogP contribution in [0.3, 0.4) is 0 Å². The molecule has 0 atom stereocenters. The number of benzene rings is 1. The molecule has 1 aliphatic heterocycles. The molecule has 29 heavy (non-hydrogen) atoms. The first-order valence-corrected chi connectivity index (χ1v) is 10.2. The SMILES string of the molecule is COCCCNC(=O)c1cccc(C(=O)N2CCC(Cc3ccccc3)CC2)n1. The van der Waals surface area contributed by atoms with Crippen molar-refractivity contribution < 1.29 is 14.3 Å². The molecule has 1 aromatic carbocycles. The second kappa shape index (κ2) is 10.7. The normalized spacial score (nSPS) is 14.6. The van der Waals surface area contributed by atoms with Crippen molar-refractivity contribution in [2.24, 2.45) is 5.92 Å². The Labute approximate surface area is 172 Å². The van der Waals surface area contributed by atoms with Crippen LogP contribution < -0.4 is 5.32 Å². The van der Waals surface area contributed by atoms with Crippen LogP contribution in [-0.4, -0.2) is 55.0 Å². The molecule has 6 heteroatoms. The van der Waals surface area contributed by atoms with Gasteiger partial charge in [-0.05, 0) is 49.3 Å². The van der Waals surface area contributed by atoms with Crippen molar-refractivity contribution in [1.29, 1.82) is 0 Å². The maximum atomic E-state index is 12.9. The third-order valence-corrected chi connectivity index (χ3v) is 5.28. The summed E-state index contributed by atoms with van der Waals surface area (Å²) in [7, 11) is 1.63. The highest BCUT2D eigenvalue weighted by Gasteiger charge is 2.25. The van der Waals surface area contributed by atoms with Crippen LogP contribution in [0.2, 0.25) is 0 Å². The number of pyridine rings is 1. The zero-order valence-corrected chi connectivity index (χ0v) is 17.0. The zero-order valence-electron chi connectivity index (χ0n) is 17.0. The molecule has 2 amide bonds. The van der Waals surface area contributed by atoms with Gasteiger partial charge >= 0.3 is 0 Å². The third kappa shape index (κ3) is 6.12. The van der Waals surface area contributed by atoms with E-state index >= 15 is 0 Å². The Morgan fingerprint density at radius 3 is 2.52 bits per heavy atom. The van der Waals surface area contributed by atoms with Gasteiger partial charge in [0.05, 0.1) is 0 Å². The molecule has 2 aromatic rings. The van der Waals surface area contributed by atoms with Crippen LogP contribution in [0.4, 0.5) is 0 Å². The van der Waals surface area contributed by atoms with Gasteiger partial charge < -0.3 is 15.0 Å². The van der Waals surface area contributed by atoms with Gasteiger partial charge in [0.25, 0.3) is 11.8 Å². The van der Waals surface area contributed by atoms with Crippen LogP contribution >= 0.6 is 0 Å². The van der Waals surface area contributed by atoms with Gasteiger partial charge in [0.2, 0.25) is 0 Å². The Morgan fingerprint density at radius 1 is 1.07 bits per heavy atom. The van der Waals surface area contributed by atoms with E-state index in [2.05, 4.69) is 34.6 Å². The van der Waals surface area contributed by atoms with Crippen molar-refractivity contribution in [2.75, 3.05) is 33.4 Å². The van der Waals surface area contributed by atoms with Gasteiger partial charge in [-0.2, -0.15) is 0 Å². The van der Waals surface area contributed by atoms with Crippen LogP contribution in [0.5, 0.6) is 0 Å². The number of aromatic nitrogens is 1. The number of likely N-dealkylation sites (tertiary alicyclic amines) is 1. The molecule has 1 aromatic heterocycles. The van der Waals surface area contributed by atoms with Gasteiger partial charge in [0.1, 0.15) is 11.4 Å². The Hall–Kier alpha value is -2.73. The first kappa shape index (κ1) is 21.0. The van der Waals surface area contributed by atoms with Crippen molar-refractivity contribution in [2.45, 2.75) is 25.7 Å². The van der Waals surface area contributed by atoms with Gasteiger partial charge in [0, 0.05) is 33.4 Å². The van der Waals surface area contributed by atoms with E-state index < -0.39 is 0 Å². The summed E-state index contributed by atoms with van der Waals surface area (Å²) >= 11 is 0. The number of rotatable bonds is 8. The largest absolute Gasteiger partial charge is 0.385 e. The van der Waals surface area contributed by atoms with Crippen LogP contribution in [0, 0.1) is 5.92 Å². The molecule has 0 bridgehead atoms. The molecular formula is C23H29N3O3. The summed E-state index contributed by atoms with van der Waals surface area (Å²) in [6.07, 6.45) is 3.76. The van der Waals surface area contributed by atoms with E-state index in [1.165, 1.54) is 5.56 Å². The monoisotopic (exact) mass is 395 g/mol. The smallest absolute Gasteiger partial charge is 0.272 e. The predicted octanol–water partition coefficient (Wildman–Crippen LogP) is 2.94. The number of carbonyl (C=O) groups excluding carboxylic acids is 2. The van der Waals surface area contributed by atoms with Crippen LogP contribution in [0.25, 0.3) is 0 Å². The van der Waals surface area contributed by atoms with Crippen molar-refractivity contribution in [3.63, 3.8) is 0 Å². The fourth-order valence-corrected chi connectivity index (χ4v) is 3.64. The third-order valence-electron chi connectivity index (χ3n) is 5.28. The first-order chi connectivity index (χ1) is 14.2. The molecule has 0 aliphatic carbocycles. The van der Waals surface area contributed by atoms with Crippen molar-refractivity contribution in [3.8, 4) is 0 Å². The standard InChI is InChI=1S/C23H29N3O3/c1-29-16-6-13-24-22(27)20-9-5-10-21(25-20)23(28)26-14-11-19(12-15-26)17-18-7-3-2-4-8-18/h2-5,7-10,19H,6,11-17H2,1H3,(H,24,27). The predicted molar refractivity (Wildman–Crippen MR) is 112 cm³/mol. The van der Waals surface area contributed by atoms with E-state index in [-0.39, 0.29) is 17.5 Å². The Kier molecular flexibility index (Phi) is 7.76. The van der Waals surface area contributed by atoms with Gasteiger partial charge in [0.15, 0.2) is 0 Å². The van der Waals surface area contributed by atoms with E-state index in [0.29, 0.717) is 24.8 Å². The van der Waals surface area contributed by atoms with Crippen LogP contribution in [-0.2, 0) is 11.2 Å². The second-order valence-electron chi connectivity index (χ2n) is 7.44. The van der Waals surface area contributed by atoms with Gasteiger partial charge in [-0.25, -0.2) is 4.98 Å². The minimum Gasteiger partial charge on any atom is -0.385 e. The summed E-state index contributed by atoms with van der Waals surface area (Å²) in [6, 6.07) is 15.5. The molecule has 1 saturated heterocycles. The molecular weight excluding hydrogens is 366 g/mol. The Balaban J connectivity index is 1.52. The summed E-state index contributed by atoms with van der Waals surface area (Å²) < 4.78 is 4.97. The molecule has 1 N–H and O–H groups in total. The summed E-state index contributed by atoms with van der Waals surface area (Å²) in [5, 5.41) is 2.80. The molecule has 2 heterocycles. The van der Waals surface area contributed by atoms with E-state index in [1.54, 1.807) is 25.3 Å². The number of nitrogens with zero attached hydrogens (tertiary/aromatic N) is 2. The first-order valence-electron chi connectivity index (χ1n) is 10.2. The number of carbonyl (C=O) groups is 2. The minimum atomic E-state index is -0.266. The number of ether oxygens (including phenoxy) is 1. The number of hydrogen-bond acceptors (Lipinski definition) is 4. The molecule has 3 rings (SSSR count). The molecule has 6 nitrogen and oxygen atoms in total. The van der Waals surface area contributed by atoms with Crippen molar-refractivity contribution >= 4 is 11.8 Å². The molecule has 1 fully saturated rings. The average Bonchev–Trinajstić information content (AvgIpc) is 2.77. The average molecular weight is 396 g/mol. The van der Waals surface area contributed by atoms with Gasteiger partial charge in [-0.1, -0.05) is 36.4 Å². The van der Waals surface area contributed by atoms with Crippen LogP contribution in [0.1, 0.15) is 45.8 Å². The van der Waals surface area contributed by atoms with E-state index in [0.717, 1.165) is 38.8 Å². The maximum Gasteiger partial charge on any atom is 0.272 e. The molecule has 0 saturated carbocycles. The summed E-state index contributed by atoms with van der Waals surface area (Å²) in [5.41, 5.74) is 1.95. The highest BCUT2D eigenvalue weighted by atomic mass is 16.5. The van der Waals surface area contributed by atoms with Gasteiger partial charge in [-0.3, -0.25) is 9.59 Å². The number of nitrogens with one attached hydrogen (secondary N) is 1. The molecule has 1 aliphatic rings. The van der Waals surface area contributed by atoms with E-state index in [4.69, 9.17) is 4.74 Å². The highest BCUT2D eigenvalue weighted by molar-refractivity contribution is 5.96.